The highest BCUT2D eigenvalue weighted by Crippen LogP contribution is 2.30. The molecule has 0 bridgehead atoms. The van der Waals surface area contributed by atoms with Crippen LogP contribution in [0.4, 0.5) is 0 Å². The number of nitrogens with two attached hydrogens (primary N) is 1. The summed E-state index contributed by atoms with van der Waals surface area (Å²) in [7, 11) is 2.63. The van der Waals surface area contributed by atoms with Gasteiger partial charge in [-0.05, 0) is 46.5 Å². The number of esters is 2. The predicted octanol–water partition coefficient (Wildman–Crippen LogP) is 3.13. The molecule has 4 atom stereocenters. The lowest BCUT2D eigenvalue weighted by atomic mass is 9.99. The number of methoxy groups -OCH3 is 2. The lowest BCUT2D eigenvalue weighted by molar-refractivity contribution is -0.144. The van der Waals surface area contributed by atoms with Crippen LogP contribution in [0.15, 0.2) is 0 Å². The summed E-state index contributed by atoms with van der Waals surface area (Å²) in [4.78, 5) is 45.3. The van der Waals surface area contributed by atoms with E-state index in [0.29, 0.717) is 0 Å². The normalized spacial score (nSPS) is 13.0. The first kappa shape index (κ1) is 41.2. The molecule has 4 unspecified atom stereocenters. The molecular formula is C22H29Cl6N4O6S2-. The summed E-state index contributed by atoms with van der Waals surface area (Å²) in [5.41, 5.74) is 5.51. The summed E-state index contributed by atoms with van der Waals surface area (Å²) in [5.74, 6) is -1.15. The van der Waals surface area contributed by atoms with Gasteiger partial charge in [0.15, 0.2) is 10.3 Å². The molecule has 0 saturated carbocycles. The first-order valence-corrected chi connectivity index (χ1v) is 14.6. The number of amides is 1. The Morgan fingerprint density at radius 1 is 0.850 bits per heavy atom. The van der Waals surface area contributed by atoms with Crippen LogP contribution in [0.1, 0.15) is 59.9 Å². The van der Waals surface area contributed by atoms with Gasteiger partial charge in [-0.25, -0.2) is 4.79 Å². The zero-order valence-electron chi connectivity index (χ0n) is 22.2. The highest BCUT2D eigenvalue weighted by molar-refractivity contribution is 7.11. The lowest BCUT2D eigenvalue weighted by Gasteiger charge is -2.21. The minimum Gasteiger partial charge on any atom is -1.00 e. The van der Waals surface area contributed by atoms with Gasteiger partial charge in [-0.15, -0.1) is 0 Å². The first-order valence-electron chi connectivity index (χ1n) is 11.2. The second kappa shape index (κ2) is 20.8. The lowest BCUT2D eigenvalue weighted by Crippen LogP contribution is -3.00. The number of aromatic nitrogens is 2. The van der Waals surface area contributed by atoms with Gasteiger partial charge in [0.1, 0.15) is 31.9 Å². The van der Waals surface area contributed by atoms with Gasteiger partial charge in [0, 0.05) is 0 Å². The number of nitrogens with zero attached hydrogens (tertiary/aromatic N) is 2. The Kier molecular flexibility index (Phi) is 21.5. The van der Waals surface area contributed by atoms with Gasteiger partial charge in [0.2, 0.25) is 0 Å². The SMILES string of the molecule is CCC(C)C(N)C(=O)OC.CCC(C)C(NC(=O)c1snc(Cl)c1Cl)C(=O)OC.O=C(Cl)c1snc(Cl)c1Cl.[Cl-]. The molecule has 2 aromatic heterocycles. The Balaban J connectivity index is 0. The van der Waals surface area contributed by atoms with E-state index in [9.17, 15) is 19.2 Å². The van der Waals surface area contributed by atoms with E-state index in [0.717, 1.165) is 35.9 Å². The first-order chi connectivity index (χ1) is 18.2. The van der Waals surface area contributed by atoms with E-state index >= 15 is 0 Å². The van der Waals surface area contributed by atoms with Crippen molar-refractivity contribution in [2.24, 2.45) is 17.6 Å². The third-order valence-electron chi connectivity index (χ3n) is 5.26. The van der Waals surface area contributed by atoms with Crippen molar-refractivity contribution in [2.75, 3.05) is 14.2 Å². The molecule has 0 aliphatic carbocycles. The number of hydrogen-bond donors (Lipinski definition) is 2. The number of ether oxygens (including phenoxy) is 2. The van der Waals surface area contributed by atoms with Gasteiger partial charge >= 0.3 is 11.9 Å². The summed E-state index contributed by atoms with van der Waals surface area (Å²) in [6, 6.07) is -1.19. The molecule has 0 radical (unpaired) electrons. The highest BCUT2D eigenvalue weighted by Gasteiger charge is 2.29. The van der Waals surface area contributed by atoms with Crippen molar-refractivity contribution >= 4 is 104 Å². The average molecular weight is 722 g/mol. The molecule has 18 heteroatoms. The number of rotatable bonds is 9. The van der Waals surface area contributed by atoms with E-state index < -0.39 is 29.2 Å². The van der Waals surface area contributed by atoms with E-state index in [1.165, 1.54) is 14.2 Å². The monoisotopic (exact) mass is 719 g/mol. The Morgan fingerprint density at radius 3 is 1.57 bits per heavy atom. The van der Waals surface area contributed by atoms with E-state index in [4.69, 9.17) is 63.7 Å². The third kappa shape index (κ3) is 12.9. The number of halogens is 6. The second-order valence-corrected chi connectivity index (χ2v) is 11.2. The molecule has 2 rings (SSSR count). The van der Waals surface area contributed by atoms with Gasteiger partial charge in [0.05, 0.1) is 14.2 Å². The number of hydrogen-bond acceptors (Lipinski definition) is 11. The van der Waals surface area contributed by atoms with Crippen LogP contribution in [0.5, 0.6) is 0 Å². The summed E-state index contributed by atoms with van der Waals surface area (Å²) in [5, 5.41) is 2.40. The predicted molar refractivity (Wildman–Crippen MR) is 157 cm³/mol. The molecule has 0 aliphatic rings. The largest absolute Gasteiger partial charge is 1.00 e. The van der Waals surface area contributed by atoms with Crippen molar-refractivity contribution in [1.82, 2.24) is 14.1 Å². The molecule has 2 heterocycles. The maximum atomic E-state index is 12.0. The number of nitrogens with one attached hydrogen (secondary N) is 1. The second-order valence-electron chi connectivity index (χ2n) is 7.80. The maximum absolute atomic E-state index is 12.0. The Hall–Kier alpha value is -0.960. The summed E-state index contributed by atoms with van der Waals surface area (Å²) in [6.07, 6.45) is 1.62. The van der Waals surface area contributed by atoms with Crippen molar-refractivity contribution in [3.05, 3.63) is 30.1 Å². The smallest absolute Gasteiger partial charge is 0.328 e. The average Bonchev–Trinajstić information content (AvgIpc) is 3.45. The quantitative estimate of drug-likeness (QED) is 0.294. The fraction of sp³-hybridized carbons (Fsp3) is 0.545. The molecule has 3 N–H and O–H groups in total. The van der Waals surface area contributed by atoms with Crippen molar-refractivity contribution in [3.63, 3.8) is 0 Å². The van der Waals surface area contributed by atoms with Gasteiger partial charge in [-0.2, -0.15) is 8.75 Å². The van der Waals surface area contributed by atoms with Crippen LogP contribution in [0.2, 0.25) is 20.4 Å². The molecule has 0 spiro atoms. The standard InChI is InChI=1S/C11H14Cl2N2O3S.C7H15NO2.C4Cl3NOS.ClH/c1-4-5(2)7(11(17)18-3)14-10(16)8-6(12)9(13)15-19-8;1-4-5(2)6(8)7(9)10-3;5-1-2(4(7)9)10-8-3(1)6;/h5,7H,4H2,1-3H3,(H,14,16);5-6H,4,8H2,1-3H3;;1H/p-1. The number of carbonyl (C=O) groups is 4. The van der Waals surface area contributed by atoms with Crippen molar-refractivity contribution in [1.29, 1.82) is 0 Å². The van der Waals surface area contributed by atoms with Crippen LogP contribution in [0.3, 0.4) is 0 Å². The molecule has 228 valence electrons. The molecule has 0 aromatic carbocycles. The number of carbonyl (C=O) groups excluding carboxylic acids is 4. The fourth-order valence-corrected chi connectivity index (χ4v) is 4.82. The summed E-state index contributed by atoms with van der Waals surface area (Å²) >= 11 is 29.4. The molecular weight excluding hydrogens is 693 g/mol. The van der Waals surface area contributed by atoms with Crippen LogP contribution >= 0.6 is 81.1 Å². The van der Waals surface area contributed by atoms with Crippen molar-refractivity contribution in [2.45, 2.75) is 52.6 Å². The highest BCUT2D eigenvalue weighted by atomic mass is 35.5. The van der Waals surface area contributed by atoms with Crippen LogP contribution < -0.4 is 23.5 Å². The minimum atomic E-state index is -0.723. The van der Waals surface area contributed by atoms with Gasteiger partial charge < -0.3 is 32.9 Å². The van der Waals surface area contributed by atoms with E-state index in [1.54, 1.807) is 0 Å². The molecule has 2 aromatic rings. The van der Waals surface area contributed by atoms with Gasteiger partial charge in [-0.3, -0.25) is 14.4 Å². The molecule has 1 amide bonds. The topological polar surface area (TPSA) is 151 Å². The minimum absolute atomic E-state index is 0. The Bertz CT molecular complexity index is 1120. The fourth-order valence-electron chi connectivity index (χ4n) is 2.41. The van der Waals surface area contributed by atoms with Crippen LogP contribution in [0.25, 0.3) is 0 Å². The van der Waals surface area contributed by atoms with Gasteiger partial charge in [-0.1, -0.05) is 86.9 Å². The van der Waals surface area contributed by atoms with Gasteiger partial charge in [0.25, 0.3) is 11.1 Å². The van der Waals surface area contributed by atoms with Crippen LogP contribution in [0, 0.1) is 11.8 Å². The zero-order valence-corrected chi connectivity index (χ0v) is 28.4. The van der Waals surface area contributed by atoms with E-state index in [2.05, 4.69) is 23.5 Å². The van der Waals surface area contributed by atoms with Crippen molar-refractivity contribution in [3.8, 4) is 0 Å². The third-order valence-corrected chi connectivity index (χ3v) is 9.16. The summed E-state index contributed by atoms with van der Waals surface area (Å²) in [6.45, 7) is 7.70. The molecule has 0 saturated heterocycles. The van der Waals surface area contributed by atoms with E-state index in [-0.39, 0.29) is 60.3 Å². The Labute approximate surface area is 272 Å². The molecule has 10 nitrogen and oxygen atoms in total. The van der Waals surface area contributed by atoms with Crippen molar-refractivity contribution < 1.29 is 41.1 Å². The van der Waals surface area contributed by atoms with E-state index in [1.807, 2.05) is 27.7 Å². The van der Waals surface area contributed by atoms with Crippen LogP contribution in [-0.2, 0) is 19.1 Å². The maximum Gasteiger partial charge on any atom is 0.328 e. The Morgan fingerprint density at radius 2 is 1.27 bits per heavy atom. The molecule has 0 fully saturated rings. The zero-order chi connectivity index (χ0) is 30.4. The summed E-state index contributed by atoms with van der Waals surface area (Å²) < 4.78 is 16.5. The molecule has 0 aliphatic heterocycles. The molecule has 40 heavy (non-hydrogen) atoms. The van der Waals surface area contributed by atoms with Crippen LogP contribution in [-0.4, -0.2) is 58.1 Å².